The molecular formula is C27H22F6N6O4S. The van der Waals surface area contributed by atoms with Crippen LogP contribution in [-0.4, -0.2) is 58.4 Å². The van der Waals surface area contributed by atoms with E-state index in [2.05, 4.69) is 10.1 Å². The van der Waals surface area contributed by atoms with E-state index in [9.17, 15) is 44.3 Å². The zero-order valence-corrected chi connectivity index (χ0v) is 23.9. The molecule has 17 heteroatoms. The van der Waals surface area contributed by atoms with Crippen LogP contribution in [0.1, 0.15) is 30.7 Å². The number of rotatable bonds is 7. The van der Waals surface area contributed by atoms with Crippen molar-refractivity contribution in [2.24, 2.45) is 0 Å². The van der Waals surface area contributed by atoms with Crippen molar-refractivity contribution < 1.29 is 44.3 Å². The minimum absolute atomic E-state index is 0.0777. The number of anilines is 1. The molecule has 0 unspecified atom stereocenters. The van der Waals surface area contributed by atoms with Gasteiger partial charge in [-0.1, -0.05) is 18.2 Å². The maximum Gasteiger partial charge on any atom is 0.419 e. The average molecular weight is 641 g/mol. The molecular weight excluding hydrogens is 618 g/mol. The van der Waals surface area contributed by atoms with Crippen molar-refractivity contribution >= 4 is 27.5 Å². The molecule has 1 aliphatic rings. The quantitative estimate of drug-likeness (QED) is 0.201. The first-order valence-corrected chi connectivity index (χ1v) is 14.4. The number of alkyl halides is 6. The van der Waals surface area contributed by atoms with Gasteiger partial charge in [-0.05, 0) is 37.6 Å². The number of benzene rings is 1. The molecule has 3 aromatic rings. The second-order valence-electron chi connectivity index (χ2n) is 10.2. The van der Waals surface area contributed by atoms with Gasteiger partial charge in [-0.3, -0.25) is 9.48 Å². The van der Waals surface area contributed by atoms with Crippen LogP contribution in [0.4, 0.5) is 36.8 Å². The summed E-state index contributed by atoms with van der Waals surface area (Å²) in [7, 11) is -4.14. The molecule has 4 rings (SSSR count). The number of carbonyl (C=O) groups is 2. The Labute approximate surface area is 246 Å². The molecule has 1 aliphatic heterocycles. The fraction of sp³-hybridized carbons (Fsp3) is 0.296. The zero-order valence-electron chi connectivity index (χ0n) is 23.1. The third kappa shape index (κ3) is 6.16. The third-order valence-electron chi connectivity index (χ3n) is 6.76. The highest BCUT2D eigenvalue weighted by molar-refractivity contribution is 7.90. The van der Waals surface area contributed by atoms with E-state index in [1.807, 2.05) is 0 Å². The molecule has 0 atom stereocenters. The van der Waals surface area contributed by atoms with Gasteiger partial charge in [-0.15, -0.1) is 0 Å². The van der Waals surface area contributed by atoms with E-state index in [-0.39, 0.29) is 24.2 Å². The Hall–Kier alpha value is -4.72. The van der Waals surface area contributed by atoms with E-state index >= 15 is 0 Å². The van der Waals surface area contributed by atoms with Gasteiger partial charge in [0, 0.05) is 24.6 Å². The highest BCUT2D eigenvalue weighted by Gasteiger charge is 2.52. The summed E-state index contributed by atoms with van der Waals surface area (Å²) in [6.07, 6.45) is -2.60. The Morgan fingerprint density at radius 3 is 2.18 bits per heavy atom. The number of imide groups is 1. The van der Waals surface area contributed by atoms with Crippen molar-refractivity contribution in [3.8, 4) is 17.2 Å². The van der Waals surface area contributed by atoms with Gasteiger partial charge in [0.2, 0.25) is 0 Å². The summed E-state index contributed by atoms with van der Waals surface area (Å²) < 4.78 is 106. The number of hydrogen-bond acceptors (Lipinski definition) is 7. The summed E-state index contributed by atoms with van der Waals surface area (Å²) >= 11 is 0. The van der Waals surface area contributed by atoms with E-state index in [0.29, 0.717) is 17.2 Å². The fourth-order valence-electron chi connectivity index (χ4n) is 4.48. The number of aromatic nitrogens is 3. The molecule has 232 valence electrons. The van der Waals surface area contributed by atoms with Crippen LogP contribution >= 0.6 is 0 Å². The van der Waals surface area contributed by atoms with E-state index in [1.165, 1.54) is 49.1 Å². The lowest BCUT2D eigenvalue weighted by Gasteiger charge is -2.26. The van der Waals surface area contributed by atoms with Gasteiger partial charge in [0.25, 0.3) is 5.91 Å². The number of hydrogen-bond donors (Lipinski definition) is 0. The molecule has 0 radical (unpaired) electrons. The van der Waals surface area contributed by atoms with E-state index in [0.717, 1.165) is 23.2 Å². The number of amides is 3. The largest absolute Gasteiger partial charge is 0.419 e. The lowest BCUT2D eigenvalue weighted by Crippen LogP contribution is -2.44. The SMILES string of the molecule is CC1(C)C(=O)N(c2cnc(C#N)c(C(F)(F)F)c2)C(=O)N1C/C=C\Cn1cc(-c2ccc(S(C)(=O)=O)c(C(F)(F)F)c2)cn1. The van der Waals surface area contributed by atoms with Crippen LogP contribution in [0.2, 0.25) is 0 Å². The monoisotopic (exact) mass is 640 g/mol. The maximum atomic E-state index is 13.5. The fourth-order valence-corrected chi connectivity index (χ4v) is 5.37. The molecule has 2 aromatic heterocycles. The first-order chi connectivity index (χ1) is 20.3. The molecule has 1 aromatic carbocycles. The Kier molecular flexibility index (Phi) is 8.11. The Morgan fingerprint density at radius 2 is 1.59 bits per heavy atom. The molecule has 0 N–H and O–H groups in total. The van der Waals surface area contributed by atoms with Crippen LogP contribution in [0.15, 0.2) is 59.9 Å². The van der Waals surface area contributed by atoms with Crippen LogP contribution in [0.5, 0.6) is 0 Å². The number of pyridine rings is 1. The van der Waals surface area contributed by atoms with Gasteiger partial charge in [0.1, 0.15) is 11.6 Å². The molecule has 3 heterocycles. The van der Waals surface area contributed by atoms with Crippen LogP contribution in [0, 0.1) is 11.3 Å². The molecule has 0 bridgehead atoms. The van der Waals surface area contributed by atoms with E-state index in [1.54, 1.807) is 6.08 Å². The predicted molar refractivity (Wildman–Crippen MR) is 143 cm³/mol. The molecule has 0 aliphatic carbocycles. The summed E-state index contributed by atoms with van der Waals surface area (Å²) in [5.41, 5.74) is -5.17. The van der Waals surface area contributed by atoms with Crippen molar-refractivity contribution in [2.45, 2.75) is 43.2 Å². The molecule has 44 heavy (non-hydrogen) atoms. The third-order valence-corrected chi connectivity index (χ3v) is 7.92. The first kappa shape index (κ1) is 32.2. The average Bonchev–Trinajstić information content (AvgIpc) is 3.45. The maximum absolute atomic E-state index is 13.5. The minimum Gasteiger partial charge on any atom is -0.306 e. The summed E-state index contributed by atoms with van der Waals surface area (Å²) in [5, 5.41) is 13.0. The second-order valence-corrected chi connectivity index (χ2v) is 12.2. The van der Waals surface area contributed by atoms with Gasteiger partial charge >= 0.3 is 18.4 Å². The summed E-state index contributed by atoms with van der Waals surface area (Å²) in [6, 6.07) is 3.76. The number of nitrogens with zero attached hydrogens (tertiary/aromatic N) is 6. The molecule has 0 spiro atoms. The van der Waals surface area contributed by atoms with Gasteiger partial charge in [-0.2, -0.15) is 36.7 Å². The Morgan fingerprint density at radius 1 is 0.955 bits per heavy atom. The minimum atomic E-state index is -4.95. The topological polar surface area (TPSA) is 129 Å². The number of sulfone groups is 1. The predicted octanol–water partition coefficient (Wildman–Crippen LogP) is 5.06. The second kappa shape index (κ2) is 11.1. The van der Waals surface area contributed by atoms with Gasteiger partial charge < -0.3 is 4.90 Å². The number of nitriles is 1. The molecule has 3 amide bonds. The highest BCUT2D eigenvalue weighted by atomic mass is 32.2. The first-order valence-electron chi connectivity index (χ1n) is 12.5. The Bertz CT molecular complexity index is 1820. The molecule has 1 saturated heterocycles. The number of allylic oxidation sites excluding steroid dienone is 1. The van der Waals surface area contributed by atoms with E-state index < -0.39 is 67.1 Å². The lowest BCUT2D eigenvalue weighted by atomic mass is 10.0. The Balaban J connectivity index is 1.50. The van der Waals surface area contributed by atoms with Crippen molar-refractivity contribution in [1.82, 2.24) is 19.7 Å². The van der Waals surface area contributed by atoms with Crippen molar-refractivity contribution in [3.05, 3.63) is 71.8 Å². The molecule has 1 fully saturated rings. The van der Waals surface area contributed by atoms with Crippen LogP contribution in [0.3, 0.4) is 0 Å². The standard InChI is InChI=1S/C27H22F6N6O4S/c1-25(2)23(40)39(18-11-19(26(28,29)30)21(12-34)35-14-18)24(41)38(25)9-5-4-8-37-15-17(13-36-37)16-6-7-22(44(3,42)43)20(10-16)27(31,32)33/h4-7,10-11,13-15H,8-9H2,1-3H3/b5-4-. The normalized spacial score (nSPS) is 15.8. The summed E-state index contributed by atoms with van der Waals surface area (Å²) in [5.74, 6) is -0.813. The number of carbonyl (C=O) groups excluding carboxylic acids is 2. The lowest BCUT2D eigenvalue weighted by molar-refractivity contribution is -0.140. The molecule has 10 nitrogen and oxygen atoms in total. The van der Waals surface area contributed by atoms with Crippen molar-refractivity contribution in [3.63, 3.8) is 0 Å². The van der Waals surface area contributed by atoms with Crippen LogP contribution in [0.25, 0.3) is 11.1 Å². The van der Waals surface area contributed by atoms with E-state index in [4.69, 9.17) is 5.26 Å². The van der Waals surface area contributed by atoms with Crippen molar-refractivity contribution in [1.29, 1.82) is 5.26 Å². The number of halogens is 6. The smallest absolute Gasteiger partial charge is 0.306 e. The summed E-state index contributed by atoms with van der Waals surface area (Å²) in [6.45, 7) is 2.77. The van der Waals surface area contributed by atoms with Crippen molar-refractivity contribution in [2.75, 3.05) is 17.7 Å². The van der Waals surface area contributed by atoms with Gasteiger partial charge in [0.15, 0.2) is 15.5 Å². The van der Waals surface area contributed by atoms with Crippen LogP contribution < -0.4 is 4.90 Å². The van der Waals surface area contributed by atoms with Crippen LogP contribution in [-0.2, 0) is 33.5 Å². The van der Waals surface area contributed by atoms with Gasteiger partial charge in [0.05, 0.1) is 40.6 Å². The highest BCUT2D eigenvalue weighted by Crippen LogP contribution is 2.38. The zero-order chi connectivity index (χ0) is 32.8. The molecule has 0 saturated carbocycles. The van der Waals surface area contributed by atoms with Gasteiger partial charge in [-0.25, -0.2) is 23.1 Å². The summed E-state index contributed by atoms with van der Waals surface area (Å²) in [4.78, 5) is 30.5. The number of urea groups is 1.